The van der Waals surface area contributed by atoms with E-state index in [2.05, 4.69) is 0 Å². The van der Waals surface area contributed by atoms with Crippen LogP contribution in [-0.4, -0.2) is 21.7 Å². The maximum atomic E-state index is 10.9. The van der Waals surface area contributed by atoms with Gasteiger partial charge in [-0.1, -0.05) is 17.7 Å². The number of fused-ring (bicyclic) bond motifs is 1. The van der Waals surface area contributed by atoms with E-state index in [0.717, 1.165) is 22.2 Å². The Labute approximate surface area is 110 Å². The summed E-state index contributed by atoms with van der Waals surface area (Å²) in [5, 5.41) is 10.6. The topological polar surface area (TPSA) is 68.2 Å². The second-order valence-corrected chi connectivity index (χ2v) is 4.87. The third kappa shape index (κ3) is 2.09. The van der Waals surface area contributed by atoms with E-state index in [0.29, 0.717) is 11.4 Å². The number of hydrogen-bond donors (Lipinski definition) is 2. The first kappa shape index (κ1) is 12.9. The average Bonchev–Trinajstić information content (AvgIpc) is 2.54. The fraction of sp³-hybridized carbons (Fsp3) is 0.308. The minimum absolute atomic E-state index is 0.320. The molecule has 96 valence electrons. The molecular formula is C13H15ClN2O2. The van der Waals surface area contributed by atoms with E-state index in [9.17, 15) is 4.79 Å². The van der Waals surface area contributed by atoms with E-state index in [1.807, 2.05) is 30.7 Å². The predicted octanol–water partition coefficient (Wildman–Crippen LogP) is 2.09. The Hall–Kier alpha value is -1.52. The first-order valence-electron chi connectivity index (χ1n) is 5.63. The molecule has 18 heavy (non-hydrogen) atoms. The lowest BCUT2D eigenvalue weighted by atomic mass is 10.0. The highest BCUT2D eigenvalue weighted by Crippen LogP contribution is 2.28. The van der Waals surface area contributed by atoms with Gasteiger partial charge in [0.05, 0.1) is 0 Å². The van der Waals surface area contributed by atoms with Crippen molar-refractivity contribution in [1.82, 2.24) is 4.57 Å². The van der Waals surface area contributed by atoms with Gasteiger partial charge in [-0.2, -0.15) is 0 Å². The molecule has 4 nitrogen and oxygen atoms in total. The molecule has 0 bridgehead atoms. The van der Waals surface area contributed by atoms with Crippen molar-refractivity contribution < 1.29 is 9.90 Å². The SMILES string of the molecule is Cc1c(CC(N)C(=O)O)c2ccc(Cl)cc2n1C. The number of aliphatic carboxylic acids is 1. The number of carbonyl (C=O) groups is 1. The molecule has 0 amide bonds. The molecule has 1 heterocycles. The summed E-state index contributed by atoms with van der Waals surface area (Å²) in [7, 11) is 1.93. The second-order valence-electron chi connectivity index (χ2n) is 4.43. The number of aromatic nitrogens is 1. The molecule has 2 rings (SSSR count). The Balaban J connectivity index is 2.57. The quantitative estimate of drug-likeness (QED) is 0.894. The second kappa shape index (κ2) is 4.63. The molecule has 5 heteroatoms. The number of carboxylic acids is 1. The van der Waals surface area contributed by atoms with Crippen molar-refractivity contribution in [3.63, 3.8) is 0 Å². The van der Waals surface area contributed by atoms with Crippen LogP contribution >= 0.6 is 11.6 Å². The van der Waals surface area contributed by atoms with Crippen LogP contribution in [0.3, 0.4) is 0 Å². The number of benzene rings is 1. The number of nitrogens with two attached hydrogens (primary N) is 1. The third-order valence-corrected chi connectivity index (χ3v) is 3.56. The van der Waals surface area contributed by atoms with E-state index in [4.69, 9.17) is 22.4 Å². The van der Waals surface area contributed by atoms with Crippen LogP contribution < -0.4 is 5.73 Å². The van der Waals surface area contributed by atoms with Crippen LogP contribution in [0.5, 0.6) is 0 Å². The molecular weight excluding hydrogens is 252 g/mol. The zero-order chi connectivity index (χ0) is 13.4. The molecule has 3 N–H and O–H groups in total. The van der Waals surface area contributed by atoms with Crippen molar-refractivity contribution >= 4 is 28.5 Å². The normalized spacial score (nSPS) is 12.9. The highest BCUT2D eigenvalue weighted by molar-refractivity contribution is 6.31. The van der Waals surface area contributed by atoms with Gasteiger partial charge in [0.1, 0.15) is 6.04 Å². The van der Waals surface area contributed by atoms with E-state index >= 15 is 0 Å². The van der Waals surface area contributed by atoms with Crippen LogP contribution in [0, 0.1) is 6.92 Å². The van der Waals surface area contributed by atoms with Gasteiger partial charge in [0.15, 0.2) is 0 Å². The first-order chi connectivity index (χ1) is 8.41. The largest absolute Gasteiger partial charge is 0.480 e. The van der Waals surface area contributed by atoms with E-state index in [1.165, 1.54) is 0 Å². The summed E-state index contributed by atoms with van der Waals surface area (Å²) in [6, 6.07) is 4.71. The lowest BCUT2D eigenvalue weighted by molar-refractivity contribution is -0.138. The van der Waals surface area contributed by atoms with Crippen molar-refractivity contribution in [1.29, 1.82) is 0 Å². The molecule has 2 aromatic rings. The molecule has 0 aliphatic heterocycles. The summed E-state index contributed by atoms with van der Waals surface area (Å²) >= 11 is 5.98. The van der Waals surface area contributed by atoms with Crippen molar-refractivity contribution in [3.8, 4) is 0 Å². The standard InChI is InChI=1S/C13H15ClN2O2/c1-7-10(6-11(15)13(17)18)9-4-3-8(14)5-12(9)16(7)2/h3-5,11H,6,15H2,1-2H3,(H,17,18). The van der Waals surface area contributed by atoms with E-state index in [-0.39, 0.29) is 0 Å². The highest BCUT2D eigenvalue weighted by Gasteiger charge is 2.18. The van der Waals surface area contributed by atoms with Gasteiger partial charge in [0.25, 0.3) is 0 Å². The Morgan fingerprint density at radius 1 is 1.56 bits per heavy atom. The summed E-state index contributed by atoms with van der Waals surface area (Å²) in [6.45, 7) is 1.96. The summed E-state index contributed by atoms with van der Waals surface area (Å²) in [4.78, 5) is 10.9. The van der Waals surface area contributed by atoms with Crippen LogP contribution in [-0.2, 0) is 18.3 Å². The van der Waals surface area contributed by atoms with Crippen LogP contribution in [0.2, 0.25) is 5.02 Å². The lowest BCUT2D eigenvalue weighted by Gasteiger charge is -2.07. The van der Waals surface area contributed by atoms with Crippen molar-refractivity contribution in [2.75, 3.05) is 0 Å². The molecule has 0 saturated carbocycles. The molecule has 0 spiro atoms. The van der Waals surface area contributed by atoms with Crippen LogP contribution in [0.1, 0.15) is 11.3 Å². The number of nitrogens with zero attached hydrogens (tertiary/aromatic N) is 1. The fourth-order valence-corrected chi connectivity index (χ4v) is 2.35. The van der Waals surface area contributed by atoms with Gasteiger partial charge in [0.2, 0.25) is 0 Å². The van der Waals surface area contributed by atoms with Crippen LogP contribution in [0.4, 0.5) is 0 Å². The molecule has 1 atom stereocenters. The molecule has 1 aromatic carbocycles. The molecule has 1 unspecified atom stereocenters. The first-order valence-corrected chi connectivity index (χ1v) is 6.01. The Morgan fingerprint density at radius 3 is 2.83 bits per heavy atom. The van der Waals surface area contributed by atoms with Crippen LogP contribution in [0.25, 0.3) is 10.9 Å². The molecule has 0 saturated heterocycles. The third-order valence-electron chi connectivity index (χ3n) is 3.33. The van der Waals surface area contributed by atoms with Gasteiger partial charge in [-0.05, 0) is 24.6 Å². The predicted molar refractivity (Wildman–Crippen MR) is 72.0 cm³/mol. The Bertz CT molecular complexity index is 619. The fourth-order valence-electron chi connectivity index (χ4n) is 2.18. The van der Waals surface area contributed by atoms with Gasteiger partial charge in [-0.25, -0.2) is 0 Å². The van der Waals surface area contributed by atoms with Gasteiger partial charge >= 0.3 is 5.97 Å². The van der Waals surface area contributed by atoms with E-state index < -0.39 is 12.0 Å². The van der Waals surface area contributed by atoms with Crippen molar-refractivity contribution in [3.05, 3.63) is 34.5 Å². The number of aryl methyl sites for hydroxylation is 1. The Morgan fingerprint density at radius 2 is 2.22 bits per heavy atom. The smallest absolute Gasteiger partial charge is 0.320 e. The van der Waals surface area contributed by atoms with Gasteiger partial charge in [0, 0.05) is 35.1 Å². The minimum Gasteiger partial charge on any atom is -0.480 e. The number of carboxylic acid groups (broad SMARTS) is 1. The Kier molecular flexibility index (Phi) is 3.32. The number of halogens is 1. The zero-order valence-electron chi connectivity index (χ0n) is 10.3. The van der Waals surface area contributed by atoms with Crippen molar-refractivity contribution in [2.24, 2.45) is 12.8 Å². The molecule has 1 aromatic heterocycles. The molecule has 0 aliphatic carbocycles. The maximum absolute atomic E-state index is 10.9. The molecule has 0 fully saturated rings. The van der Waals surface area contributed by atoms with Crippen molar-refractivity contribution in [2.45, 2.75) is 19.4 Å². The highest BCUT2D eigenvalue weighted by atomic mass is 35.5. The van der Waals surface area contributed by atoms with E-state index in [1.54, 1.807) is 6.07 Å². The summed E-state index contributed by atoms with van der Waals surface area (Å²) in [6.07, 6.45) is 0.320. The monoisotopic (exact) mass is 266 g/mol. The maximum Gasteiger partial charge on any atom is 0.320 e. The number of hydrogen-bond acceptors (Lipinski definition) is 2. The summed E-state index contributed by atoms with van der Waals surface area (Å²) in [5.74, 6) is -0.986. The summed E-state index contributed by atoms with van der Waals surface area (Å²) in [5.41, 5.74) is 8.59. The average molecular weight is 267 g/mol. The summed E-state index contributed by atoms with van der Waals surface area (Å²) < 4.78 is 2.01. The van der Waals surface area contributed by atoms with Gasteiger partial charge in [-0.15, -0.1) is 0 Å². The number of rotatable bonds is 3. The molecule has 0 aliphatic rings. The minimum atomic E-state index is -0.986. The van der Waals surface area contributed by atoms with Gasteiger partial charge < -0.3 is 15.4 Å². The van der Waals surface area contributed by atoms with Gasteiger partial charge in [-0.3, -0.25) is 4.79 Å². The zero-order valence-corrected chi connectivity index (χ0v) is 11.0. The van der Waals surface area contributed by atoms with Crippen LogP contribution in [0.15, 0.2) is 18.2 Å². The lowest BCUT2D eigenvalue weighted by Crippen LogP contribution is -2.32. The molecule has 0 radical (unpaired) electrons.